The summed E-state index contributed by atoms with van der Waals surface area (Å²) in [6.45, 7) is 12.7. The van der Waals surface area contributed by atoms with Gasteiger partial charge in [-0.2, -0.15) is 0 Å². The summed E-state index contributed by atoms with van der Waals surface area (Å²) in [6, 6.07) is 0. The van der Waals surface area contributed by atoms with Crippen LogP contribution >= 0.6 is 0 Å². The first-order chi connectivity index (χ1) is 9.03. The van der Waals surface area contributed by atoms with Gasteiger partial charge in [-0.25, -0.2) is 4.79 Å². The number of hydrogen-bond acceptors (Lipinski definition) is 2. The van der Waals surface area contributed by atoms with Crippen molar-refractivity contribution >= 4 is 5.97 Å². The van der Waals surface area contributed by atoms with Crippen molar-refractivity contribution in [3.63, 3.8) is 0 Å². The fraction of sp³-hybridized carbons (Fsp3) is 0.412. The molecule has 0 saturated carbocycles. The van der Waals surface area contributed by atoms with E-state index in [4.69, 9.17) is 0 Å². The number of rotatable bonds is 6. The van der Waals surface area contributed by atoms with Gasteiger partial charge < -0.3 is 4.74 Å². The van der Waals surface area contributed by atoms with Crippen LogP contribution in [0, 0.1) is 0 Å². The minimum atomic E-state index is -0.347. The van der Waals surface area contributed by atoms with Crippen molar-refractivity contribution in [1.82, 2.24) is 0 Å². The summed E-state index contributed by atoms with van der Waals surface area (Å²) in [4.78, 5) is 10.2. The van der Waals surface area contributed by atoms with Crippen LogP contribution in [-0.2, 0) is 9.53 Å². The summed E-state index contributed by atoms with van der Waals surface area (Å²) in [7, 11) is 1.33. The zero-order valence-corrected chi connectivity index (χ0v) is 12.7. The van der Waals surface area contributed by atoms with Crippen LogP contribution in [0.1, 0.15) is 40.0 Å². The SMILES string of the molecule is C=C(C)C(=O)OC.C=C=C(C/C=C/C)CC/C=C/C. The molecule has 106 valence electrons. The standard InChI is InChI=1S/C12H18.C5H8O2/c1-4-7-9-11-12(6-3)10-8-5-2;1-4(2)5(6)7-3/h4-5,7-8H,3,9-11H2,1-2H3;1H2,2-3H3/b7-4+,8-5+;. The first-order valence-corrected chi connectivity index (χ1v) is 6.37. The maximum Gasteiger partial charge on any atom is 0.332 e. The molecule has 0 atom stereocenters. The molecule has 0 rings (SSSR count). The largest absolute Gasteiger partial charge is 0.466 e. The number of methoxy groups -OCH3 is 1. The molecule has 0 heterocycles. The molecule has 0 aliphatic carbocycles. The fourth-order valence-corrected chi connectivity index (χ4v) is 1.12. The highest BCUT2D eigenvalue weighted by atomic mass is 16.5. The number of hydrogen-bond donors (Lipinski definition) is 0. The van der Waals surface area contributed by atoms with Crippen LogP contribution in [0.3, 0.4) is 0 Å². The van der Waals surface area contributed by atoms with E-state index in [-0.39, 0.29) is 5.97 Å². The molecule has 0 aliphatic rings. The van der Waals surface area contributed by atoms with Crippen LogP contribution in [0.4, 0.5) is 0 Å². The quantitative estimate of drug-likeness (QED) is 0.299. The molecular formula is C17H26O2. The Morgan fingerprint density at radius 1 is 1.26 bits per heavy atom. The van der Waals surface area contributed by atoms with E-state index in [1.807, 2.05) is 13.8 Å². The van der Waals surface area contributed by atoms with E-state index < -0.39 is 0 Å². The highest BCUT2D eigenvalue weighted by molar-refractivity contribution is 5.86. The normalized spacial score (nSPS) is 9.68. The molecule has 2 heteroatoms. The Bertz CT molecular complexity index is 367. The lowest BCUT2D eigenvalue weighted by Gasteiger charge is -1.97. The average molecular weight is 262 g/mol. The maximum absolute atomic E-state index is 10.2. The minimum Gasteiger partial charge on any atom is -0.466 e. The lowest BCUT2D eigenvalue weighted by Crippen LogP contribution is -1.98. The summed E-state index contributed by atoms with van der Waals surface area (Å²) >= 11 is 0. The Morgan fingerprint density at radius 2 is 1.84 bits per heavy atom. The molecular weight excluding hydrogens is 236 g/mol. The molecule has 0 saturated heterocycles. The van der Waals surface area contributed by atoms with Gasteiger partial charge in [-0.15, -0.1) is 5.73 Å². The van der Waals surface area contributed by atoms with Crippen LogP contribution < -0.4 is 0 Å². The Hall–Kier alpha value is -1.79. The van der Waals surface area contributed by atoms with Gasteiger partial charge in [0.1, 0.15) is 0 Å². The zero-order valence-electron chi connectivity index (χ0n) is 12.7. The van der Waals surface area contributed by atoms with Gasteiger partial charge in [-0.3, -0.25) is 0 Å². The molecule has 0 aromatic heterocycles. The van der Waals surface area contributed by atoms with Gasteiger partial charge in [0.2, 0.25) is 0 Å². The molecule has 0 unspecified atom stereocenters. The van der Waals surface area contributed by atoms with Crippen molar-refractivity contribution in [2.24, 2.45) is 0 Å². The smallest absolute Gasteiger partial charge is 0.332 e. The third kappa shape index (κ3) is 14.1. The Balaban J connectivity index is 0. The molecule has 2 nitrogen and oxygen atoms in total. The van der Waals surface area contributed by atoms with E-state index >= 15 is 0 Å². The second-order valence-electron chi connectivity index (χ2n) is 3.93. The lowest BCUT2D eigenvalue weighted by molar-refractivity contribution is -0.136. The van der Waals surface area contributed by atoms with Crippen molar-refractivity contribution < 1.29 is 9.53 Å². The average Bonchev–Trinajstić information content (AvgIpc) is 2.42. The Morgan fingerprint density at radius 3 is 2.16 bits per heavy atom. The van der Waals surface area contributed by atoms with E-state index in [1.165, 1.54) is 12.7 Å². The molecule has 0 aromatic rings. The first-order valence-electron chi connectivity index (χ1n) is 6.37. The third-order valence-electron chi connectivity index (χ3n) is 2.23. The highest BCUT2D eigenvalue weighted by Crippen LogP contribution is 2.09. The summed E-state index contributed by atoms with van der Waals surface area (Å²) in [6.07, 6.45) is 11.6. The van der Waals surface area contributed by atoms with Crippen molar-refractivity contribution in [3.8, 4) is 0 Å². The van der Waals surface area contributed by atoms with Gasteiger partial charge in [0.25, 0.3) is 0 Å². The Kier molecular flexibility index (Phi) is 14.7. The van der Waals surface area contributed by atoms with Gasteiger partial charge in [0, 0.05) is 5.57 Å². The first kappa shape index (κ1) is 19.5. The highest BCUT2D eigenvalue weighted by Gasteiger charge is 1.95. The van der Waals surface area contributed by atoms with E-state index in [9.17, 15) is 4.79 Å². The molecule has 0 aromatic carbocycles. The van der Waals surface area contributed by atoms with E-state index in [0.29, 0.717) is 5.57 Å². The molecule has 0 spiro atoms. The van der Waals surface area contributed by atoms with Gasteiger partial charge in [0.15, 0.2) is 0 Å². The van der Waals surface area contributed by atoms with E-state index in [2.05, 4.69) is 47.9 Å². The predicted octanol–water partition coefficient (Wildman–Crippen LogP) is 4.76. The molecule has 0 aliphatic heterocycles. The number of esters is 1. The van der Waals surface area contributed by atoms with E-state index in [0.717, 1.165) is 19.3 Å². The van der Waals surface area contributed by atoms with Crippen molar-refractivity contribution in [2.75, 3.05) is 7.11 Å². The van der Waals surface area contributed by atoms with Gasteiger partial charge >= 0.3 is 5.97 Å². The van der Waals surface area contributed by atoms with Crippen LogP contribution in [0.25, 0.3) is 0 Å². The second kappa shape index (κ2) is 14.3. The van der Waals surface area contributed by atoms with Crippen LogP contribution in [0.5, 0.6) is 0 Å². The van der Waals surface area contributed by atoms with Crippen LogP contribution in [-0.4, -0.2) is 13.1 Å². The summed E-state index contributed by atoms with van der Waals surface area (Å²) in [5.74, 6) is -0.347. The maximum atomic E-state index is 10.2. The second-order valence-corrected chi connectivity index (χ2v) is 3.93. The molecule has 0 radical (unpaired) electrons. The monoisotopic (exact) mass is 262 g/mol. The zero-order chi connectivity index (χ0) is 15.1. The third-order valence-corrected chi connectivity index (χ3v) is 2.23. The Labute approximate surface area is 117 Å². The van der Waals surface area contributed by atoms with Crippen molar-refractivity contribution in [3.05, 3.63) is 54.3 Å². The van der Waals surface area contributed by atoms with Gasteiger partial charge in [-0.05, 0) is 45.6 Å². The topological polar surface area (TPSA) is 26.3 Å². The molecule has 0 fully saturated rings. The van der Waals surface area contributed by atoms with Crippen LogP contribution in [0.15, 0.2) is 54.3 Å². The minimum absolute atomic E-state index is 0.347. The van der Waals surface area contributed by atoms with Crippen molar-refractivity contribution in [2.45, 2.75) is 40.0 Å². The molecule has 19 heavy (non-hydrogen) atoms. The van der Waals surface area contributed by atoms with Crippen LogP contribution in [0.2, 0.25) is 0 Å². The van der Waals surface area contributed by atoms with Gasteiger partial charge in [-0.1, -0.05) is 37.5 Å². The molecule has 0 amide bonds. The number of carbonyl (C=O) groups excluding carboxylic acids is 1. The van der Waals surface area contributed by atoms with E-state index in [1.54, 1.807) is 6.92 Å². The molecule has 0 N–H and O–H groups in total. The number of allylic oxidation sites excluding steroid dienone is 5. The van der Waals surface area contributed by atoms with Gasteiger partial charge in [0.05, 0.1) is 7.11 Å². The predicted molar refractivity (Wildman–Crippen MR) is 83.0 cm³/mol. The summed E-state index contributed by atoms with van der Waals surface area (Å²) in [5.41, 5.74) is 4.71. The summed E-state index contributed by atoms with van der Waals surface area (Å²) in [5, 5.41) is 0. The fourth-order valence-electron chi connectivity index (χ4n) is 1.12. The molecule has 0 bridgehead atoms. The lowest BCUT2D eigenvalue weighted by atomic mass is 10.1. The number of ether oxygens (including phenoxy) is 1. The number of carbonyl (C=O) groups is 1. The summed E-state index contributed by atoms with van der Waals surface area (Å²) < 4.78 is 4.27. The van der Waals surface area contributed by atoms with Crippen molar-refractivity contribution in [1.29, 1.82) is 0 Å².